The third-order valence-electron chi connectivity index (χ3n) is 7.89. The van der Waals surface area contributed by atoms with E-state index < -0.39 is 17.2 Å². The van der Waals surface area contributed by atoms with Gasteiger partial charge in [-0.1, -0.05) is 91.9 Å². The number of benzene rings is 5. The van der Waals surface area contributed by atoms with Gasteiger partial charge in [0.15, 0.2) is 5.78 Å². The third-order valence-corrected chi connectivity index (χ3v) is 7.89. The molecular formula is C38H31F3O3. The number of esters is 1. The molecule has 6 heteroatoms. The molecule has 44 heavy (non-hydrogen) atoms. The van der Waals surface area contributed by atoms with Crippen molar-refractivity contribution in [3.63, 3.8) is 0 Å². The number of ether oxygens (including phenoxy) is 1. The van der Waals surface area contributed by atoms with Crippen molar-refractivity contribution in [2.75, 3.05) is 0 Å². The largest absolute Gasteiger partial charge is 0.426 e. The highest BCUT2D eigenvalue weighted by Gasteiger charge is 2.30. The van der Waals surface area contributed by atoms with E-state index in [1.165, 1.54) is 12.1 Å². The van der Waals surface area contributed by atoms with Crippen molar-refractivity contribution in [2.45, 2.75) is 33.4 Å². The molecule has 0 bridgehead atoms. The van der Waals surface area contributed by atoms with Gasteiger partial charge in [-0.05, 0) is 90.0 Å². The minimum Gasteiger partial charge on any atom is -0.426 e. The van der Waals surface area contributed by atoms with Crippen molar-refractivity contribution in [3.8, 4) is 39.1 Å². The molecule has 222 valence electrons. The zero-order valence-electron chi connectivity index (χ0n) is 24.6. The maximum absolute atomic E-state index is 13.1. The van der Waals surface area contributed by atoms with Crippen LogP contribution in [-0.4, -0.2) is 11.8 Å². The summed E-state index contributed by atoms with van der Waals surface area (Å²) in [5.41, 5.74) is 5.32. The highest BCUT2D eigenvalue weighted by atomic mass is 19.4. The molecule has 0 amide bonds. The van der Waals surface area contributed by atoms with E-state index in [1.54, 1.807) is 36.4 Å². The lowest BCUT2D eigenvalue weighted by Crippen LogP contribution is -2.28. The quantitative estimate of drug-likeness (QED) is 0.102. The molecular weight excluding hydrogens is 561 g/mol. The number of hydrogen-bond acceptors (Lipinski definition) is 3. The van der Waals surface area contributed by atoms with Crippen molar-refractivity contribution in [1.29, 1.82) is 0 Å². The predicted molar refractivity (Wildman–Crippen MR) is 167 cm³/mol. The van der Waals surface area contributed by atoms with E-state index in [0.717, 1.165) is 45.5 Å². The van der Waals surface area contributed by atoms with Crippen LogP contribution in [0.15, 0.2) is 121 Å². The van der Waals surface area contributed by atoms with Crippen LogP contribution in [0.25, 0.3) is 33.4 Å². The van der Waals surface area contributed by atoms with Crippen LogP contribution >= 0.6 is 0 Å². The van der Waals surface area contributed by atoms with Gasteiger partial charge in [0.1, 0.15) is 5.75 Å². The Hall–Kier alpha value is -4.97. The zero-order chi connectivity index (χ0) is 31.5. The molecule has 0 N–H and O–H groups in total. The molecule has 0 saturated heterocycles. The fraction of sp³-hybridized carbons (Fsp3) is 0.158. The van der Waals surface area contributed by atoms with Crippen LogP contribution in [-0.2, 0) is 11.0 Å². The molecule has 0 aliphatic heterocycles. The highest BCUT2D eigenvalue weighted by Crippen LogP contribution is 2.32. The molecule has 0 heterocycles. The summed E-state index contributed by atoms with van der Waals surface area (Å²) in [6.07, 6.45) is -3.69. The molecule has 5 rings (SSSR count). The number of halogens is 3. The smallest absolute Gasteiger partial charge is 0.416 e. The fourth-order valence-corrected chi connectivity index (χ4v) is 4.61. The van der Waals surface area contributed by atoms with Gasteiger partial charge in [0.05, 0.1) is 11.0 Å². The highest BCUT2D eigenvalue weighted by molar-refractivity contribution is 6.09. The first-order valence-corrected chi connectivity index (χ1v) is 14.3. The Morgan fingerprint density at radius 3 is 1.20 bits per heavy atom. The molecule has 0 atom stereocenters. The number of rotatable bonds is 8. The molecule has 5 aromatic carbocycles. The molecule has 0 unspecified atom stereocenters. The van der Waals surface area contributed by atoms with Gasteiger partial charge in [-0.25, -0.2) is 0 Å². The summed E-state index contributed by atoms with van der Waals surface area (Å²) in [5.74, 6) is -0.0299. The molecule has 5 aromatic rings. The van der Waals surface area contributed by atoms with E-state index in [0.29, 0.717) is 23.3 Å². The van der Waals surface area contributed by atoms with Crippen molar-refractivity contribution >= 4 is 11.8 Å². The Labute approximate surface area is 255 Å². The van der Waals surface area contributed by atoms with Crippen molar-refractivity contribution in [1.82, 2.24) is 0 Å². The first kappa shape index (κ1) is 30.5. The Morgan fingerprint density at radius 1 is 0.545 bits per heavy atom. The van der Waals surface area contributed by atoms with Gasteiger partial charge in [-0.15, -0.1) is 0 Å². The first-order valence-electron chi connectivity index (χ1n) is 14.3. The number of ketones is 1. The second-order valence-electron chi connectivity index (χ2n) is 11.3. The third kappa shape index (κ3) is 6.81. The first-order chi connectivity index (χ1) is 20.9. The van der Waals surface area contributed by atoms with E-state index in [4.69, 9.17) is 4.74 Å². The van der Waals surface area contributed by atoms with Gasteiger partial charge in [0.2, 0.25) is 0 Å². The van der Waals surface area contributed by atoms with Crippen molar-refractivity contribution < 1.29 is 27.5 Å². The van der Waals surface area contributed by atoms with Crippen LogP contribution in [0.4, 0.5) is 13.2 Å². The normalized spacial score (nSPS) is 11.7. The van der Waals surface area contributed by atoms with Crippen molar-refractivity contribution in [2.24, 2.45) is 5.41 Å². The van der Waals surface area contributed by atoms with Gasteiger partial charge in [0, 0.05) is 11.1 Å². The second kappa shape index (κ2) is 12.3. The SMILES string of the molecule is CCC(C)(C)C(=O)Oc1ccc(C(=O)c2ccc(-c3ccc(-c4ccc(-c5ccc(C(F)(F)F)cc5)cc4)cc3)cc2)cc1. The van der Waals surface area contributed by atoms with Crippen LogP contribution in [0.1, 0.15) is 48.7 Å². The lowest BCUT2D eigenvalue weighted by atomic mass is 9.91. The lowest BCUT2D eigenvalue weighted by molar-refractivity contribution is -0.144. The predicted octanol–water partition coefficient (Wildman–Crippen LogP) is 10.3. The molecule has 0 radical (unpaired) electrons. The summed E-state index contributed by atoms with van der Waals surface area (Å²) >= 11 is 0. The number of alkyl halides is 3. The standard InChI is InChI=1S/C38H31F3O3/c1-4-37(2,3)36(43)44-34-23-19-32(20-24-34)35(42)31-15-13-29(14-16-31)27-7-5-25(6-8-27)26-9-11-28(12-10-26)30-17-21-33(22-18-30)38(39,40)41/h5-24H,4H2,1-3H3. The van der Waals surface area contributed by atoms with Gasteiger partial charge in [0.25, 0.3) is 0 Å². The Balaban J connectivity index is 1.23. The van der Waals surface area contributed by atoms with Gasteiger partial charge in [-0.3, -0.25) is 9.59 Å². The van der Waals surface area contributed by atoms with Crippen LogP contribution in [0.5, 0.6) is 5.75 Å². The maximum Gasteiger partial charge on any atom is 0.416 e. The molecule has 0 spiro atoms. The van der Waals surface area contributed by atoms with Gasteiger partial charge < -0.3 is 4.74 Å². The summed E-state index contributed by atoms with van der Waals surface area (Å²) in [7, 11) is 0. The average molecular weight is 593 g/mol. The molecule has 0 saturated carbocycles. The topological polar surface area (TPSA) is 43.4 Å². The van der Waals surface area contributed by atoms with Gasteiger partial charge in [-0.2, -0.15) is 13.2 Å². The van der Waals surface area contributed by atoms with E-state index in [2.05, 4.69) is 0 Å². The van der Waals surface area contributed by atoms with Crippen LogP contribution in [0.3, 0.4) is 0 Å². The number of carbonyl (C=O) groups is 2. The fourth-order valence-electron chi connectivity index (χ4n) is 4.61. The summed E-state index contributed by atoms with van der Waals surface area (Å²) in [6.45, 7) is 5.60. The second-order valence-corrected chi connectivity index (χ2v) is 11.3. The number of hydrogen-bond donors (Lipinski definition) is 0. The van der Waals surface area contributed by atoms with E-state index in [9.17, 15) is 22.8 Å². The maximum atomic E-state index is 13.1. The minimum atomic E-state index is -4.35. The molecule has 0 aromatic heterocycles. The van der Waals surface area contributed by atoms with Crippen LogP contribution in [0, 0.1) is 5.41 Å². The number of carbonyl (C=O) groups excluding carboxylic acids is 2. The summed E-state index contributed by atoms with van der Waals surface area (Å²) in [5, 5.41) is 0. The molecule has 0 aliphatic rings. The van der Waals surface area contributed by atoms with E-state index >= 15 is 0 Å². The van der Waals surface area contributed by atoms with Gasteiger partial charge >= 0.3 is 12.1 Å². The Bertz CT molecular complexity index is 1750. The minimum absolute atomic E-state index is 0.126. The summed E-state index contributed by atoms with van der Waals surface area (Å²) in [4.78, 5) is 25.4. The molecule has 0 fully saturated rings. The monoisotopic (exact) mass is 592 g/mol. The average Bonchev–Trinajstić information content (AvgIpc) is 3.04. The van der Waals surface area contributed by atoms with Crippen LogP contribution < -0.4 is 4.74 Å². The summed E-state index contributed by atoms with van der Waals surface area (Å²) < 4.78 is 44.1. The zero-order valence-corrected chi connectivity index (χ0v) is 24.6. The van der Waals surface area contributed by atoms with Crippen molar-refractivity contribution in [3.05, 3.63) is 138 Å². The summed E-state index contributed by atoms with van der Waals surface area (Å²) in [6, 6.07) is 34.9. The van der Waals surface area contributed by atoms with Crippen LogP contribution in [0.2, 0.25) is 0 Å². The Morgan fingerprint density at radius 2 is 0.864 bits per heavy atom. The Kier molecular flexibility index (Phi) is 8.54. The lowest BCUT2D eigenvalue weighted by Gasteiger charge is -2.20. The van der Waals surface area contributed by atoms with E-state index in [1.807, 2.05) is 81.4 Å². The molecule has 3 nitrogen and oxygen atoms in total. The van der Waals surface area contributed by atoms with E-state index in [-0.39, 0.29) is 11.8 Å². The molecule has 0 aliphatic carbocycles.